The zero-order chi connectivity index (χ0) is 24.7. The summed E-state index contributed by atoms with van der Waals surface area (Å²) >= 11 is 3.44. The van der Waals surface area contributed by atoms with Crippen LogP contribution < -0.4 is 10.1 Å². The Bertz CT molecular complexity index is 1230. The third-order valence-electron chi connectivity index (χ3n) is 5.33. The minimum Gasteiger partial charge on any atom is -0.494 e. The van der Waals surface area contributed by atoms with Crippen molar-refractivity contribution in [1.29, 1.82) is 0 Å². The predicted octanol–water partition coefficient (Wildman–Crippen LogP) is 5.22. The maximum Gasteiger partial charge on any atom is 0.243 e. The summed E-state index contributed by atoms with van der Waals surface area (Å²) in [7, 11) is -3.95. The number of halogens is 1. The SMILES string of the molecule is CCOc1ccc(S(=O)(=O)N(CC(=O)N[C@@H](C)c2cccc(Br)c2)Cc2ccccc2)cc1C. The fraction of sp³-hybridized carbons (Fsp3) is 0.269. The highest BCUT2D eigenvalue weighted by molar-refractivity contribution is 9.10. The molecule has 8 heteroatoms. The van der Waals surface area contributed by atoms with Gasteiger partial charge in [-0.25, -0.2) is 8.42 Å². The Morgan fingerprint density at radius 2 is 1.79 bits per heavy atom. The molecule has 0 saturated heterocycles. The fourth-order valence-corrected chi connectivity index (χ4v) is 5.46. The minimum atomic E-state index is -3.95. The second kappa shape index (κ2) is 11.6. The lowest BCUT2D eigenvalue weighted by Crippen LogP contribution is -2.41. The van der Waals surface area contributed by atoms with Crippen LogP contribution in [0, 0.1) is 6.92 Å². The molecule has 1 N–H and O–H groups in total. The summed E-state index contributed by atoms with van der Waals surface area (Å²) in [5.41, 5.74) is 2.43. The summed E-state index contributed by atoms with van der Waals surface area (Å²) in [6, 6.07) is 21.4. The fourth-order valence-electron chi connectivity index (χ4n) is 3.57. The third kappa shape index (κ3) is 6.68. The molecule has 0 unspecified atom stereocenters. The first-order valence-corrected chi connectivity index (χ1v) is 13.3. The van der Waals surface area contributed by atoms with Crippen molar-refractivity contribution in [2.45, 2.75) is 38.3 Å². The number of carbonyl (C=O) groups excluding carboxylic acids is 1. The Hall–Kier alpha value is -2.68. The zero-order valence-corrected chi connectivity index (χ0v) is 21.9. The van der Waals surface area contributed by atoms with Crippen LogP contribution in [0.3, 0.4) is 0 Å². The average molecular weight is 545 g/mol. The Morgan fingerprint density at radius 1 is 1.06 bits per heavy atom. The highest BCUT2D eigenvalue weighted by Crippen LogP contribution is 2.25. The van der Waals surface area contributed by atoms with E-state index in [2.05, 4.69) is 21.2 Å². The van der Waals surface area contributed by atoms with Gasteiger partial charge in [-0.1, -0.05) is 58.4 Å². The molecule has 0 aliphatic heterocycles. The topological polar surface area (TPSA) is 75.7 Å². The number of nitrogens with one attached hydrogen (secondary N) is 1. The molecule has 0 heterocycles. The van der Waals surface area contributed by atoms with E-state index in [0.29, 0.717) is 12.4 Å². The standard InChI is InChI=1S/C26H29BrN2O4S/c1-4-33-25-14-13-24(15-19(25)2)34(31,32)29(17-21-9-6-5-7-10-21)18-26(30)28-20(3)22-11-8-12-23(27)16-22/h5-16,20H,4,17-18H2,1-3H3,(H,28,30)/t20-/m0/s1. The Balaban J connectivity index is 1.85. The van der Waals surface area contributed by atoms with Crippen LogP contribution in [0.25, 0.3) is 0 Å². The predicted molar refractivity (Wildman–Crippen MR) is 137 cm³/mol. The molecule has 0 aliphatic rings. The minimum absolute atomic E-state index is 0.0775. The molecule has 34 heavy (non-hydrogen) atoms. The number of hydrogen-bond donors (Lipinski definition) is 1. The Morgan fingerprint density at radius 3 is 2.44 bits per heavy atom. The first kappa shape index (κ1) is 25.9. The van der Waals surface area contributed by atoms with Crippen LogP contribution in [0.1, 0.15) is 36.6 Å². The molecule has 3 aromatic carbocycles. The normalized spacial score (nSPS) is 12.4. The van der Waals surface area contributed by atoms with Gasteiger partial charge in [0.2, 0.25) is 15.9 Å². The first-order valence-electron chi connectivity index (χ1n) is 11.0. The highest BCUT2D eigenvalue weighted by Gasteiger charge is 2.28. The summed E-state index contributed by atoms with van der Waals surface area (Å²) in [5.74, 6) is 0.256. The Kier molecular flexibility index (Phi) is 8.88. The second-order valence-corrected chi connectivity index (χ2v) is 10.8. The molecule has 0 fully saturated rings. The molecule has 0 aromatic heterocycles. The van der Waals surface area contributed by atoms with Crippen molar-refractivity contribution in [2.24, 2.45) is 0 Å². The molecular formula is C26H29BrN2O4S. The van der Waals surface area contributed by atoms with E-state index in [-0.39, 0.29) is 29.9 Å². The van der Waals surface area contributed by atoms with Gasteiger partial charge in [-0.05, 0) is 67.8 Å². The van der Waals surface area contributed by atoms with Gasteiger partial charge in [0.05, 0.1) is 24.1 Å². The van der Waals surface area contributed by atoms with Crippen molar-refractivity contribution in [3.8, 4) is 5.75 Å². The summed E-state index contributed by atoms with van der Waals surface area (Å²) in [6.45, 7) is 5.81. The lowest BCUT2D eigenvalue weighted by Gasteiger charge is -2.24. The number of rotatable bonds is 10. The molecule has 0 spiro atoms. The van der Waals surface area contributed by atoms with Crippen LogP contribution in [-0.2, 0) is 21.4 Å². The third-order valence-corrected chi connectivity index (χ3v) is 7.61. The van der Waals surface area contributed by atoms with Gasteiger partial charge >= 0.3 is 0 Å². The van der Waals surface area contributed by atoms with Crippen LogP contribution in [0.5, 0.6) is 5.75 Å². The quantitative estimate of drug-likeness (QED) is 0.379. The lowest BCUT2D eigenvalue weighted by atomic mass is 10.1. The van der Waals surface area contributed by atoms with Crippen molar-refractivity contribution >= 4 is 31.9 Å². The van der Waals surface area contributed by atoms with E-state index in [1.165, 1.54) is 10.4 Å². The molecule has 3 aromatic rings. The maximum atomic E-state index is 13.6. The van der Waals surface area contributed by atoms with E-state index in [0.717, 1.165) is 21.2 Å². The smallest absolute Gasteiger partial charge is 0.243 e. The van der Waals surface area contributed by atoms with E-state index >= 15 is 0 Å². The molecule has 6 nitrogen and oxygen atoms in total. The first-order chi connectivity index (χ1) is 16.2. The molecule has 3 rings (SSSR count). The van der Waals surface area contributed by atoms with E-state index in [1.54, 1.807) is 19.1 Å². The van der Waals surface area contributed by atoms with Crippen LogP contribution in [0.2, 0.25) is 0 Å². The van der Waals surface area contributed by atoms with Gasteiger partial charge < -0.3 is 10.1 Å². The van der Waals surface area contributed by atoms with Crippen molar-refractivity contribution in [2.75, 3.05) is 13.2 Å². The number of benzene rings is 3. The van der Waals surface area contributed by atoms with E-state index in [1.807, 2.05) is 68.4 Å². The number of sulfonamides is 1. The Labute approximate surface area is 210 Å². The summed E-state index contributed by atoms with van der Waals surface area (Å²) < 4.78 is 34.8. The molecule has 1 amide bonds. The van der Waals surface area contributed by atoms with Crippen LogP contribution in [0.15, 0.2) is 82.2 Å². The molecule has 0 aliphatic carbocycles. The number of aryl methyl sites for hydroxylation is 1. The molecule has 180 valence electrons. The monoisotopic (exact) mass is 544 g/mol. The second-order valence-electron chi connectivity index (χ2n) is 7.96. The number of hydrogen-bond acceptors (Lipinski definition) is 4. The van der Waals surface area contributed by atoms with Gasteiger partial charge in [0.15, 0.2) is 0 Å². The molecule has 1 atom stereocenters. The lowest BCUT2D eigenvalue weighted by molar-refractivity contribution is -0.122. The van der Waals surface area contributed by atoms with Crippen molar-refractivity contribution in [1.82, 2.24) is 9.62 Å². The van der Waals surface area contributed by atoms with Gasteiger partial charge in [0, 0.05) is 11.0 Å². The van der Waals surface area contributed by atoms with Gasteiger partial charge in [-0.15, -0.1) is 0 Å². The summed E-state index contributed by atoms with van der Waals surface area (Å²) in [6.07, 6.45) is 0. The van der Waals surface area contributed by atoms with Gasteiger partial charge in [-0.3, -0.25) is 4.79 Å². The van der Waals surface area contributed by atoms with E-state index in [9.17, 15) is 13.2 Å². The number of carbonyl (C=O) groups is 1. The number of nitrogens with zero attached hydrogens (tertiary/aromatic N) is 1. The molecule has 0 saturated carbocycles. The van der Waals surface area contributed by atoms with Crippen LogP contribution in [-0.4, -0.2) is 31.8 Å². The largest absolute Gasteiger partial charge is 0.494 e. The number of amides is 1. The molecule has 0 bridgehead atoms. The van der Waals surface area contributed by atoms with Crippen LogP contribution >= 0.6 is 15.9 Å². The van der Waals surface area contributed by atoms with Gasteiger partial charge in [-0.2, -0.15) is 4.31 Å². The van der Waals surface area contributed by atoms with Crippen molar-refractivity contribution < 1.29 is 17.9 Å². The van der Waals surface area contributed by atoms with Gasteiger partial charge in [0.25, 0.3) is 0 Å². The van der Waals surface area contributed by atoms with Gasteiger partial charge in [0.1, 0.15) is 5.75 Å². The molecular weight excluding hydrogens is 516 g/mol. The summed E-state index contributed by atoms with van der Waals surface area (Å²) in [4.78, 5) is 13.1. The molecule has 0 radical (unpaired) electrons. The maximum absolute atomic E-state index is 13.6. The van der Waals surface area contributed by atoms with Crippen molar-refractivity contribution in [3.63, 3.8) is 0 Å². The average Bonchev–Trinajstić information content (AvgIpc) is 2.80. The zero-order valence-electron chi connectivity index (χ0n) is 19.5. The van der Waals surface area contributed by atoms with E-state index < -0.39 is 10.0 Å². The number of ether oxygens (including phenoxy) is 1. The van der Waals surface area contributed by atoms with Crippen molar-refractivity contribution in [3.05, 3.63) is 94.0 Å². The highest BCUT2D eigenvalue weighted by atomic mass is 79.9. The van der Waals surface area contributed by atoms with Crippen LogP contribution in [0.4, 0.5) is 0 Å². The van der Waals surface area contributed by atoms with E-state index in [4.69, 9.17) is 4.74 Å². The summed E-state index contributed by atoms with van der Waals surface area (Å²) in [5, 5.41) is 2.91.